The van der Waals surface area contributed by atoms with E-state index in [1.165, 1.54) is 5.56 Å². The molecule has 2 saturated heterocycles. The van der Waals surface area contributed by atoms with Crippen LogP contribution in [-0.2, 0) is 17.8 Å². The fourth-order valence-corrected chi connectivity index (χ4v) is 4.34. The number of piperidine rings is 1. The predicted octanol–water partition coefficient (Wildman–Crippen LogP) is 2.26. The number of hydrogen-bond donors (Lipinski definition) is 2. The Bertz CT molecular complexity index is 1060. The quantitative estimate of drug-likeness (QED) is 0.757. The standard InChI is InChI=1S/C22H26N6O2/c1-21(2,3)10-16-15(5-4-14-12-24-17(11-23)25-18(14)16)13-28-8-6-22(7-9-28)19(29)26-20(30)27-22/h4-5,12H,6-10,13H2,1-3H3,(H2,26,27,29,30). The maximum atomic E-state index is 12.2. The van der Waals surface area contributed by atoms with Crippen LogP contribution < -0.4 is 10.6 Å². The molecule has 8 nitrogen and oxygen atoms in total. The summed E-state index contributed by atoms with van der Waals surface area (Å²) < 4.78 is 0. The van der Waals surface area contributed by atoms with Gasteiger partial charge in [0.05, 0.1) is 5.52 Å². The molecule has 0 atom stereocenters. The summed E-state index contributed by atoms with van der Waals surface area (Å²) in [5.41, 5.74) is 2.45. The maximum Gasteiger partial charge on any atom is 0.322 e. The van der Waals surface area contributed by atoms with Gasteiger partial charge in [0.25, 0.3) is 5.91 Å². The van der Waals surface area contributed by atoms with Gasteiger partial charge in [-0.15, -0.1) is 0 Å². The Hall–Kier alpha value is -3.05. The number of carbonyl (C=O) groups excluding carboxylic acids is 2. The Balaban J connectivity index is 1.61. The third kappa shape index (κ3) is 3.85. The van der Waals surface area contributed by atoms with Crippen molar-refractivity contribution in [3.05, 3.63) is 35.3 Å². The molecule has 2 aromatic rings. The molecule has 4 rings (SSSR count). The van der Waals surface area contributed by atoms with Crippen molar-refractivity contribution >= 4 is 22.8 Å². The average Bonchev–Trinajstić information content (AvgIpc) is 2.97. The molecule has 156 valence electrons. The first-order valence-electron chi connectivity index (χ1n) is 10.2. The molecule has 2 fully saturated rings. The molecule has 2 aliphatic rings. The van der Waals surface area contributed by atoms with Gasteiger partial charge in [-0.05, 0) is 35.8 Å². The summed E-state index contributed by atoms with van der Waals surface area (Å²) in [6.45, 7) is 8.73. The number of carbonyl (C=O) groups is 2. The van der Waals surface area contributed by atoms with Crippen molar-refractivity contribution in [3.8, 4) is 6.07 Å². The Kier molecular flexibility index (Phi) is 4.94. The molecule has 30 heavy (non-hydrogen) atoms. The van der Waals surface area contributed by atoms with Gasteiger partial charge in [0, 0.05) is 31.2 Å². The van der Waals surface area contributed by atoms with E-state index >= 15 is 0 Å². The van der Waals surface area contributed by atoms with Crippen molar-refractivity contribution in [1.82, 2.24) is 25.5 Å². The van der Waals surface area contributed by atoms with E-state index in [9.17, 15) is 14.9 Å². The number of fused-ring (bicyclic) bond motifs is 1. The van der Waals surface area contributed by atoms with E-state index in [0.29, 0.717) is 25.9 Å². The van der Waals surface area contributed by atoms with Crippen molar-refractivity contribution in [1.29, 1.82) is 5.26 Å². The summed E-state index contributed by atoms with van der Waals surface area (Å²) in [7, 11) is 0. The summed E-state index contributed by atoms with van der Waals surface area (Å²) in [5, 5.41) is 15.3. The lowest BCUT2D eigenvalue weighted by Crippen LogP contribution is -2.54. The molecular weight excluding hydrogens is 380 g/mol. The van der Waals surface area contributed by atoms with Crippen LogP contribution >= 0.6 is 0 Å². The van der Waals surface area contributed by atoms with Crippen LogP contribution in [0.4, 0.5) is 4.79 Å². The van der Waals surface area contributed by atoms with E-state index in [2.05, 4.69) is 52.3 Å². The molecule has 2 aliphatic heterocycles. The fraction of sp³-hybridized carbons (Fsp3) is 0.500. The average molecular weight is 406 g/mol. The van der Waals surface area contributed by atoms with E-state index in [1.807, 2.05) is 12.1 Å². The number of urea groups is 1. The van der Waals surface area contributed by atoms with Gasteiger partial charge in [-0.2, -0.15) is 5.26 Å². The zero-order chi connectivity index (χ0) is 21.5. The lowest BCUT2D eigenvalue weighted by Gasteiger charge is -2.37. The number of nitrogens with zero attached hydrogens (tertiary/aromatic N) is 4. The van der Waals surface area contributed by atoms with Crippen molar-refractivity contribution in [2.75, 3.05) is 13.1 Å². The number of benzene rings is 1. The largest absolute Gasteiger partial charge is 0.323 e. The topological polar surface area (TPSA) is 111 Å². The SMILES string of the molecule is CC(C)(C)Cc1c(CN2CCC3(CC2)NC(=O)NC3=O)ccc2cnc(C#N)nc12. The smallest absolute Gasteiger partial charge is 0.322 e. The Morgan fingerprint density at radius 3 is 2.57 bits per heavy atom. The highest BCUT2D eigenvalue weighted by Gasteiger charge is 2.47. The summed E-state index contributed by atoms with van der Waals surface area (Å²) in [6, 6.07) is 5.77. The third-order valence-corrected chi connectivity index (χ3v) is 5.88. The molecule has 1 aromatic carbocycles. The van der Waals surface area contributed by atoms with Crippen LogP contribution in [0.5, 0.6) is 0 Å². The van der Waals surface area contributed by atoms with Gasteiger partial charge in [-0.1, -0.05) is 32.9 Å². The lowest BCUT2D eigenvalue weighted by molar-refractivity contribution is -0.125. The number of likely N-dealkylation sites (tertiary alicyclic amines) is 1. The Morgan fingerprint density at radius 1 is 1.23 bits per heavy atom. The van der Waals surface area contributed by atoms with Crippen LogP contribution in [0.2, 0.25) is 0 Å². The maximum absolute atomic E-state index is 12.2. The molecule has 1 spiro atoms. The number of hydrogen-bond acceptors (Lipinski definition) is 6. The van der Waals surface area contributed by atoms with Gasteiger partial charge in [0.1, 0.15) is 11.6 Å². The molecule has 3 heterocycles. The van der Waals surface area contributed by atoms with Crippen molar-refractivity contribution in [3.63, 3.8) is 0 Å². The van der Waals surface area contributed by atoms with Crippen molar-refractivity contribution in [2.45, 2.75) is 52.1 Å². The number of aromatic nitrogens is 2. The van der Waals surface area contributed by atoms with E-state index in [-0.39, 0.29) is 17.1 Å². The first kappa shape index (κ1) is 20.2. The van der Waals surface area contributed by atoms with Gasteiger partial charge in [-0.25, -0.2) is 14.8 Å². The van der Waals surface area contributed by atoms with Gasteiger partial charge in [0.2, 0.25) is 5.82 Å². The first-order valence-corrected chi connectivity index (χ1v) is 10.2. The van der Waals surface area contributed by atoms with E-state index < -0.39 is 11.6 Å². The summed E-state index contributed by atoms with van der Waals surface area (Å²) in [6.07, 6.45) is 3.72. The van der Waals surface area contributed by atoms with Crippen LogP contribution in [0.3, 0.4) is 0 Å². The Labute approximate surface area is 175 Å². The van der Waals surface area contributed by atoms with Crippen LogP contribution in [0.25, 0.3) is 10.9 Å². The van der Waals surface area contributed by atoms with Crippen LogP contribution in [-0.4, -0.2) is 45.4 Å². The van der Waals surface area contributed by atoms with Gasteiger partial charge < -0.3 is 5.32 Å². The second kappa shape index (κ2) is 7.33. The van der Waals surface area contributed by atoms with Crippen molar-refractivity contribution < 1.29 is 9.59 Å². The molecule has 0 saturated carbocycles. The zero-order valence-electron chi connectivity index (χ0n) is 17.6. The Morgan fingerprint density at radius 2 is 1.97 bits per heavy atom. The predicted molar refractivity (Wildman–Crippen MR) is 111 cm³/mol. The zero-order valence-corrected chi connectivity index (χ0v) is 17.6. The molecule has 1 aromatic heterocycles. The summed E-state index contributed by atoms with van der Waals surface area (Å²) >= 11 is 0. The van der Waals surface area contributed by atoms with Crippen molar-refractivity contribution in [2.24, 2.45) is 5.41 Å². The first-order chi connectivity index (χ1) is 14.2. The highest BCUT2D eigenvalue weighted by atomic mass is 16.2. The van der Waals surface area contributed by atoms with Gasteiger partial charge >= 0.3 is 6.03 Å². The molecule has 8 heteroatoms. The second-order valence-corrected chi connectivity index (χ2v) is 9.45. The van der Waals surface area contributed by atoms with Crippen LogP contribution in [0.15, 0.2) is 18.3 Å². The monoisotopic (exact) mass is 406 g/mol. The number of nitrogens with one attached hydrogen (secondary N) is 2. The second-order valence-electron chi connectivity index (χ2n) is 9.45. The molecule has 2 N–H and O–H groups in total. The minimum atomic E-state index is -0.764. The van der Waals surface area contributed by atoms with Gasteiger partial charge in [-0.3, -0.25) is 15.0 Å². The summed E-state index contributed by atoms with van der Waals surface area (Å²) in [4.78, 5) is 34.7. The molecule has 3 amide bonds. The minimum absolute atomic E-state index is 0.0545. The van der Waals surface area contributed by atoms with E-state index in [0.717, 1.165) is 29.4 Å². The van der Waals surface area contributed by atoms with E-state index in [4.69, 9.17) is 0 Å². The number of nitriles is 1. The molecule has 0 bridgehead atoms. The highest BCUT2D eigenvalue weighted by molar-refractivity contribution is 6.07. The van der Waals surface area contributed by atoms with Crippen LogP contribution in [0.1, 0.15) is 50.6 Å². The molecule has 0 aliphatic carbocycles. The molecule has 0 radical (unpaired) electrons. The molecular formula is C22H26N6O2. The highest BCUT2D eigenvalue weighted by Crippen LogP contribution is 2.31. The lowest BCUT2D eigenvalue weighted by atomic mass is 9.84. The van der Waals surface area contributed by atoms with E-state index in [1.54, 1.807) is 6.20 Å². The summed E-state index contributed by atoms with van der Waals surface area (Å²) in [5.74, 6) is -0.0373. The van der Waals surface area contributed by atoms with Crippen LogP contribution in [0, 0.1) is 16.7 Å². The normalized spacial score (nSPS) is 19.0. The minimum Gasteiger partial charge on any atom is -0.323 e. The fourth-order valence-electron chi connectivity index (χ4n) is 4.34. The van der Waals surface area contributed by atoms with Gasteiger partial charge in [0.15, 0.2) is 0 Å². The molecule has 0 unspecified atom stereocenters. The number of amides is 3. The third-order valence-electron chi connectivity index (χ3n) is 5.88. The number of rotatable bonds is 3. The number of imide groups is 1.